The van der Waals surface area contributed by atoms with E-state index in [0.29, 0.717) is 18.5 Å². The summed E-state index contributed by atoms with van der Waals surface area (Å²) in [5.74, 6) is 0.499. The summed E-state index contributed by atoms with van der Waals surface area (Å²) in [4.78, 5) is 0. The van der Waals surface area contributed by atoms with Crippen LogP contribution >= 0.6 is 11.3 Å². The Kier molecular flexibility index (Phi) is 5.57. The monoisotopic (exact) mass is 394 g/mol. The minimum Gasteiger partial charge on any atom is -0.356 e. The first-order chi connectivity index (χ1) is 13.6. The number of nitrogens with one attached hydrogen (secondary N) is 3. The van der Waals surface area contributed by atoms with Crippen molar-refractivity contribution in [2.75, 3.05) is 17.3 Å². The normalized spacial score (nSPS) is 16.6. The van der Waals surface area contributed by atoms with Gasteiger partial charge in [0.2, 0.25) is 5.13 Å². The molecular formula is C21H26N6S. The molecule has 2 atom stereocenters. The van der Waals surface area contributed by atoms with E-state index in [-0.39, 0.29) is 6.04 Å². The van der Waals surface area contributed by atoms with Crippen molar-refractivity contribution < 1.29 is 0 Å². The fraction of sp³-hybridized carbons (Fsp3) is 0.333. The van der Waals surface area contributed by atoms with Crippen molar-refractivity contribution in [1.82, 2.24) is 15.6 Å². The molecule has 6 nitrogen and oxygen atoms in total. The molecule has 1 unspecified atom stereocenters. The average molecular weight is 395 g/mol. The van der Waals surface area contributed by atoms with Crippen LogP contribution in [0.1, 0.15) is 31.0 Å². The van der Waals surface area contributed by atoms with E-state index in [1.54, 1.807) is 11.3 Å². The standard InChI is InChI=1S/C21H26N6S/c1-13(2)19-17-11-15(8-9-18(17)24-25-19)20-26-27-21(28-20)23-16(12-22)10-14-6-4-3-5-7-14/h3-9,11,13,16,19,24-25H,10,12,22H2,1-2H3,(H,23,27)/t16-,19?/m0/s1. The summed E-state index contributed by atoms with van der Waals surface area (Å²) in [6.07, 6.45) is 0.860. The third kappa shape index (κ3) is 4.01. The zero-order valence-electron chi connectivity index (χ0n) is 16.1. The van der Waals surface area contributed by atoms with Gasteiger partial charge in [0.05, 0.1) is 11.7 Å². The number of hydrogen-bond acceptors (Lipinski definition) is 7. The second-order valence-electron chi connectivity index (χ2n) is 7.47. The van der Waals surface area contributed by atoms with E-state index < -0.39 is 0 Å². The van der Waals surface area contributed by atoms with Gasteiger partial charge in [0.1, 0.15) is 5.01 Å². The Morgan fingerprint density at radius 1 is 1.14 bits per heavy atom. The van der Waals surface area contributed by atoms with Crippen LogP contribution in [-0.2, 0) is 6.42 Å². The molecule has 2 heterocycles. The highest BCUT2D eigenvalue weighted by Gasteiger charge is 2.25. The van der Waals surface area contributed by atoms with Crippen LogP contribution in [0.5, 0.6) is 0 Å². The van der Waals surface area contributed by atoms with E-state index in [1.165, 1.54) is 11.1 Å². The van der Waals surface area contributed by atoms with Crippen molar-refractivity contribution in [3.8, 4) is 10.6 Å². The maximum Gasteiger partial charge on any atom is 0.206 e. The van der Waals surface area contributed by atoms with Gasteiger partial charge >= 0.3 is 0 Å². The van der Waals surface area contributed by atoms with Gasteiger partial charge in [-0.2, -0.15) is 0 Å². The van der Waals surface area contributed by atoms with Crippen LogP contribution in [0.25, 0.3) is 10.6 Å². The van der Waals surface area contributed by atoms with Gasteiger partial charge in [0.15, 0.2) is 0 Å². The molecule has 1 aliphatic rings. The molecule has 28 heavy (non-hydrogen) atoms. The van der Waals surface area contributed by atoms with Crippen molar-refractivity contribution in [1.29, 1.82) is 0 Å². The molecule has 1 aliphatic heterocycles. The van der Waals surface area contributed by atoms with Crippen LogP contribution in [0.2, 0.25) is 0 Å². The lowest BCUT2D eigenvalue weighted by Crippen LogP contribution is -2.30. The molecule has 0 amide bonds. The maximum atomic E-state index is 5.97. The number of hydrogen-bond donors (Lipinski definition) is 4. The number of nitrogens with two attached hydrogens (primary N) is 1. The lowest BCUT2D eigenvalue weighted by atomic mass is 9.95. The van der Waals surface area contributed by atoms with Gasteiger partial charge in [0.25, 0.3) is 0 Å². The van der Waals surface area contributed by atoms with E-state index >= 15 is 0 Å². The predicted molar refractivity (Wildman–Crippen MR) is 116 cm³/mol. The van der Waals surface area contributed by atoms with Crippen LogP contribution in [0.15, 0.2) is 48.5 Å². The predicted octanol–water partition coefficient (Wildman–Crippen LogP) is 3.81. The van der Waals surface area contributed by atoms with Crippen molar-refractivity contribution in [3.63, 3.8) is 0 Å². The van der Waals surface area contributed by atoms with Gasteiger partial charge in [-0.25, -0.2) is 5.43 Å². The molecule has 0 aliphatic carbocycles. The van der Waals surface area contributed by atoms with E-state index in [0.717, 1.165) is 27.8 Å². The molecular weight excluding hydrogens is 368 g/mol. The lowest BCUT2D eigenvalue weighted by Gasteiger charge is -2.15. The molecule has 2 aromatic carbocycles. The van der Waals surface area contributed by atoms with Gasteiger partial charge in [-0.15, -0.1) is 10.2 Å². The van der Waals surface area contributed by atoms with Gasteiger partial charge in [0, 0.05) is 18.2 Å². The lowest BCUT2D eigenvalue weighted by molar-refractivity contribution is 0.461. The van der Waals surface area contributed by atoms with Crippen LogP contribution in [0.4, 0.5) is 10.8 Å². The molecule has 0 saturated heterocycles. The second-order valence-corrected chi connectivity index (χ2v) is 8.45. The Hall–Kier alpha value is -2.48. The third-order valence-electron chi connectivity index (χ3n) is 5.02. The minimum absolute atomic E-state index is 0.127. The van der Waals surface area contributed by atoms with Gasteiger partial charge in [-0.3, -0.25) is 0 Å². The number of nitrogens with zero attached hydrogens (tertiary/aromatic N) is 2. The zero-order valence-corrected chi connectivity index (χ0v) is 17.0. The van der Waals surface area contributed by atoms with Crippen molar-refractivity contribution in [2.24, 2.45) is 11.7 Å². The number of benzene rings is 2. The Balaban J connectivity index is 1.49. The quantitative estimate of drug-likeness (QED) is 0.487. The van der Waals surface area contributed by atoms with Crippen molar-refractivity contribution >= 4 is 22.2 Å². The number of fused-ring (bicyclic) bond motifs is 1. The van der Waals surface area contributed by atoms with E-state index in [9.17, 15) is 0 Å². The van der Waals surface area contributed by atoms with E-state index in [1.807, 2.05) is 18.2 Å². The number of rotatable bonds is 7. The summed E-state index contributed by atoms with van der Waals surface area (Å²) < 4.78 is 0. The molecule has 0 radical (unpaired) electrons. The Morgan fingerprint density at radius 2 is 1.96 bits per heavy atom. The first kappa shape index (κ1) is 18.9. The number of anilines is 2. The Bertz CT molecular complexity index is 924. The highest BCUT2D eigenvalue weighted by atomic mass is 32.1. The Morgan fingerprint density at radius 3 is 2.71 bits per heavy atom. The fourth-order valence-electron chi connectivity index (χ4n) is 3.49. The minimum atomic E-state index is 0.127. The van der Waals surface area contributed by atoms with Crippen molar-refractivity contribution in [2.45, 2.75) is 32.4 Å². The molecule has 1 aromatic heterocycles. The van der Waals surface area contributed by atoms with Gasteiger partial charge in [-0.05, 0) is 41.7 Å². The second kappa shape index (κ2) is 8.26. The average Bonchev–Trinajstić information content (AvgIpc) is 3.34. The Labute approximate surface area is 169 Å². The van der Waals surface area contributed by atoms with Gasteiger partial charge in [-0.1, -0.05) is 55.5 Å². The molecule has 0 fully saturated rings. The summed E-state index contributed by atoms with van der Waals surface area (Å²) >= 11 is 1.57. The smallest absolute Gasteiger partial charge is 0.206 e. The van der Waals surface area contributed by atoms with Crippen molar-refractivity contribution in [3.05, 3.63) is 59.7 Å². The molecule has 0 spiro atoms. The number of aromatic nitrogens is 2. The first-order valence-corrected chi connectivity index (χ1v) is 10.5. The largest absolute Gasteiger partial charge is 0.356 e. The summed E-state index contributed by atoms with van der Waals surface area (Å²) in [5, 5.41) is 13.9. The van der Waals surface area contributed by atoms with Gasteiger partial charge < -0.3 is 16.5 Å². The van der Waals surface area contributed by atoms with Crippen LogP contribution < -0.4 is 21.9 Å². The molecule has 4 rings (SSSR count). The summed E-state index contributed by atoms with van der Waals surface area (Å²) in [6.45, 7) is 4.97. The molecule has 3 aromatic rings. The SMILES string of the molecule is CC(C)C1NNc2ccc(-c3nnc(N[C@H](CN)Cc4ccccc4)s3)cc21. The number of hydrazine groups is 1. The maximum absolute atomic E-state index is 5.97. The molecule has 7 heteroatoms. The fourth-order valence-corrected chi connectivity index (χ4v) is 4.31. The first-order valence-electron chi connectivity index (χ1n) is 9.64. The summed E-state index contributed by atoms with van der Waals surface area (Å²) in [6, 6.07) is 17.2. The van der Waals surface area contributed by atoms with Crippen LogP contribution in [-0.4, -0.2) is 22.8 Å². The van der Waals surface area contributed by atoms with E-state index in [4.69, 9.17) is 5.73 Å². The summed E-state index contributed by atoms with van der Waals surface area (Å²) in [7, 11) is 0. The van der Waals surface area contributed by atoms with Crippen LogP contribution in [0.3, 0.4) is 0 Å². The molecule has 0 saturated carbocycles. The topological polar surface area (TPSA) is 87.9 Å². The molecule has 146 valence electrons. The highest BCUT2D eigenvalue weighted by Crippen LogP contribution is 2.37. The van der Waals surface area contributed by atoms with Crippen LogP contribution in [0, 0.1) is 5.92 Å². The highest BCUT2D eigenvalue weighted by molar-refractivity contribution is 7.18. The third-order valence-corrected chi connectivity index (χ3v) is 5.93. The van der Waals surface area contributed by atoms with E-state index in [2.05, 4.69) is 70.5 Å². The zero-order chi connectivity index (χ0) is 19.5. The molecule has 5 N–H and O–H groups in total. The molecule has 0 bridgehead atoms. The summed E-state index contributed by atoms with van der Waals surface area (Å²) in [5.41, 5.74) is 17.4.